The highest BCUT2D eigenvalue weighted by atomic mass is 32.2. The Hall–Kier alpha value is -2.00. The van der Waals surface area contributed by atoms with Crippen LogP contribution in [0.2, 0.25) is 0 Å². The molecule has 0 bridgehead atoms. The van der Waals surface area contributed by atoms with Gasteiger partial charge < -0.3 is 10.2 Å². The SMILES string of the molecule is Cc1cc(F)cc(S(=O)(=O)N2CCC(c3nnc(N)o3)CC2)c1. The Balaban J connectivity index is 1.76. The van der Waals surface area contributed by atoms with Gasteiger partial charge in [-0.2, -0.15) is 4.31 Å². The topological polar surface area (TPSA) is 102 Å². The highest BCUT2D eigenvalue weighted by molar-refractivity contribution is 7.89. The summed E-state index contributed by atoms with van der Waals surface area (Å²) >= 11 is 0. The first kappa shape index (κ1) is 15.9. The summed E-state index contributed by atoms with van der Waals surface area (Å²) in [6.07, 6.45) is 1.10. The van der Waals surface area contributed by atoms with Gasteiger partial charge in [0.05, 0.1) is 4.90 Å². The molecule has 1 saturated heterocycles. The summed E-state index contributed by atoms with van der Waals surface area (Å²) in [5.41, 5.74) is 5.97. The average Bonchev–Trinajstić information content (AvgIpc) is 2.93. The van der Waals surface area contributed by atoms with Crippen molar-refractivity contribution in [3.05, 3.63) is 35.5 Å². The zero-order chi connectivity index (χ0) is 16.6. The van der Waals surface area contributed by atoms with E-state index < -0.39 is 15.8 Å². The van der Waals surface area contributed by atoms with Crippen molar-refractivity contribution in [2.24, 2.45) is 0 Å². The fourth-order valence-electron chi connectivity index (χ4n) is 2.76. The number of piperidine rings is 1. The third-order valence-corrected chi connectivity index (χ3v) is 5.79. The Morgan fingerprint density at radius 1 is 1.26 bits per heavy atom. The molecule has 1 aliphatic rings. The van der Waals surface area contributed by atoms with Crippen molar-refractivity contribution in [1.29, 1.82) is 0 Å². The van der Waals surface area contributed by atoms with Crippen molar-refractivity contribution in [3.63, 3.8) is 0 Å². The van der Waals surface area contributed by atoms with Crippen LogP contribution < -0.4 is 5.73 Å². The molecule has 0 atom stereocenters. The zero-order valence-electron chi connectivity index (χ0n) is 12.6. The zero-order valence-corrected chi connectivity index (χ0v) is 13.4. The Morgan fingerprint density at radius 3 is 2.52 bits per heavy atom. The highest BCUT2D eigenvalue weighted by Gasteiger charge is 2.32. The second-order valence-corrected chi connectivity index (χ2v) is 7.56. The number of aryl methyl sites for hydroxylation is 1. The van der Waals surface area contributed by atoms with Gasteiger partial charge in [0, 0.05) is 19.0 Å². The van der Waals surface area contributed by atoms with Gasteiger partial charge in [-0.25, -0.2) is 12.8 Å². The maximum atomic E-state index is 13.5. The van der Waals surface area contributed by atoms with Crippen molar-refractivity contribution in [3.8, 4) is 0 Å². The maximum Gasteiger partial charge on any atom is 0.312 e. The largest absolute Gasteiger partial charge is 0.408 e. The van der Waals surface area contributed by atoms with Crippen LogP contribution in [-0.4, -0.2) is 36.0 Å². The summed E-state index contributed by atoms with van der Waals surface area (Å²) < 4.78 is 45.3. The summed E-state index contributed by atoms with van der Waals surface area (Å²) in [7, 11) is -3.71. The van der Waals surface area contributed by atoms with Gasteiger partial charge in [-0.1, -0.05) is 5.10 Å². The summed E-state index contributed by atoms with van der Waals surface area (Å²) in [6.45, 7) is 2.28. The molecule has 0 spiro atoms. The van der Waals surface area contributed by atoms with Crippen LogP contribution in [0, 0.1) is 12.7 Å². The second-order valence-electron chi connectivity index (χ2n) is 5.62. The van der Waals surface area contributed by atoms with Crippen LogP contribution >= 0.6 is 0 Å². The molecule has 1 fully saturated rings. The minimum atomic E-state index is -3.71. The lowest BCUT2D eigenvalue weighted by Crippen LogP contribution is -2.38. The molecule has 1 aromatic heterocycles. The molecule has 124 valence electrons. The van der Waals surface area contributed by atoms with Gasteiger partial charge in [-0.05, 0) is 43.5 Å². The molecule has 2 aromatic rings. The van der Waals surface area contributed by atoms with Gasteiger partial charge in [0.25, 0.3) is 0 Å². The smallest absolute Gasteiger partial charge is 0.312 e. The van der Waals surface area contributed by atoms with Crippen LogP contribution in [-0.2, 0) is 10.0 Å². The minimum Gasteiger partial charge on any atom is -0.408 e. The lowest BCUT2D eigenvalue weighted by Gasteiger charge is -2.29. The molecule has 2 heterocycles. The fraction of sp³-hybridized carbons (Fsp3) is 0.429. The molecule has 2 N–H and O–H groups in total. The standard InChI is InChI=1S/C14H17FN4O3S/c1-9-6-11(15)8-12(7-9)23(20,21)19-4-2-10(3-5-19)13-17-18-14(16)22-13/h6-8,10H,2-5H2,1H3,(H2,16,18). The van der Waals surface area contributed by atoms with Crippen molar-refractivity contribution >= 4 is 16.0 Å². The van der Waals surface area contributed by atoms with Gasteiger partial charge in [0.2, 0.25) is 15.9 Å². The number of sulfonamides is 1. The van der Waals surface area contributed by atoms with Gasteiger partial charge in [-0.3, -0.25) is 0 Å². The summed E-state index contributed by atoms with van der Waals surface area (Å²) in [5.74, 6) is -0.138. The van der Waals surface area contributed by atoms with Crippen molar-refractivity contribution in [1.82, 2.24) is 14.5 Å². The number of halogens is 1. The van der Waals surface area contributed by atoms with Crippen LogP contribution in [0.1, 0.15) is 30.2 Å². The van der Waals surface area contributed by atoms with Gasteiger partial charge >= 0.3 is 6.01 Å². The second kappa shape index (κ2) is 5.89. The van der Waals surface area contributed by atoms with E-state index in [2.05, 4.69) is 10.2 Å². The number of rotatable bonds is 3. The number of nitrogens with two attached hydrogens (primary N) is 1. The molecule has 7 nitrogen and oxygen atoms in total. The number of aromatic nitrogens is 2. The molecule has 0 unspecified atom stereocenters. The van der Waals surface area contributed by atoms with Crippen LogP contribution in [0.15, 0.2) is 27.5 Å². The summed E-state index contributed by atoms with van der Waals surface area (Å²) in [4.78, 5) is -0.0181. The molecule has 0 amide bonds. The van der Waals surface area contributed by atoms with Crippen LogP contribution in [0.3, 0.4) is 0 Å². The first-order valence-corrected chi connectivity index (χ1v) is 8.66. The number of nitrogen functional groups attached to an aromatic ring is 1. The van der Waals surface area contributed by atoms with E-state index in [1.165, 1.54) is 16.4 Å². The number of hydrogen-bond donors (Lipinski definition) is 1. The van der Waals surface area contributed by atoms with Crippen molar-refractivity contribution in [2.45, 2.75) is 30.6 Å². The van der Waals surface area contributed by atoms with E-state index in [1.54, 1.807) is 6.92 Å². The first-order chi connectivity index (χ1) is 10.9. The van der Waals surface area contributed by atoms with Gasteiger partial charge in [0.15, 0.2) is 0 Å². The Labute approximate surface area is 133 Å². The fourth-order valence-corrected chi connectivity index (χ4v) is 4.34. The summed E-state index contributed by atoms with van der Waals surface area (Å²) in [6, 6.07) is 3.83. The minimum absolute atomic E-state index is 0.00490. The number of hydrogen-bond acceptors (Lipinski definition) is 6. The number of benzene rings is 1. The Morgan fingerprint density at radius 2 is 1.96 bits per heavy atom. The van der Waals surface area contributed by atoms with Crippen LogP contribution in [0.4, 0.5) is 10.4 Å². The third kappa shape index (κ3) is 3.20. The Bertz CT molecular complexity index is 793. The lowest BCUT2D eigenvalue weighted by atomic mass is 9.98. The molecule has 9 heteroatoms. The maximum absolute atomic E-state index is 13.5. The van der Waals surface area contributed by atoms with E-state index in [4.69, 9.17) is 10.2 Å². The molecule has 0 saturated carbocycles. The molecule has 1 aliphatic heterocycles. The van der Waals surface area contributed by atoms with Crippen molar-refractivity contribution in [2.75, 3.05) is 18.8 Å². The van der Waals surface area contributed by atoms with E-state index in [-0.39, 0.29) is 16.8 Å². The third-order valence-electron chi connectivity index (χ3n) is 3.91. The van der Waals surface area contributed by atoms with Crippen LogP contribution in [0.5, 0.6) is 0 Å². The van der Waals surface area contributed by atoms with E-state index in [9.17, 15) is 12.8 Å². The van der Waals surface area contributed by atoms with E-state index in [0.717, 1.165) is 6.07 Å². The normalized spacial score (nSPS) is 17.5. The van der Waals surface area contributed by atoms with E-state index in [0.29, 0.717) is 37.4 Å². The van der Waals surface area contributed by atoms with Crippen molar-refractivity contribution < 1.29 is 17.2 Å². The molecule has 3 rings (SSSR count). The van der Waals surface area contributed by atoms with Gasteiger partial charge in [-0.15, -0.1) is 5.10 Å². The molecule has 0 aliphatic carbocycles. The molecule has 23 heavy (non-hydrogen) atoms. The molecule has 1 aromatic carbocycles. The van der Waals surface area contributed by atoms with Gasteiger partial charge in [0.1, 0.15) is 5.82 Å². The predicted octanol–water partition coefficient (Wildman–Crippen LogP) is 1.67. The molecular formula is C14H17FN4O3S. The van der Waals surface area contributed by atoms with E-state index in [1.807, 2.05) is 0 Å². The predicted molar refractivity (Wildman–Crippen MR) is 80.6 cm³/mol. The number of anilines is 1. The van der Waals surface area contributed by atoms with Crippen LogP contribution in [0.25, 0.3) is 0 Å². The monoisotopic (exact) mass is 340 g/mol. The molecule has 0 radical (unpaired) electrons. The Kier molecular flexibility index (Phi) is 4.07. The quantitative estimate of drug-likeness (QED) is 0.912. The average molecular weight is 340 g/mol. The number of nitrogens with zero attached hydrogens (tertiary/aromatic N) is 3. The lowest BCUT2D eigenvalue weighted by molar-refractivity contribution is 0.291. The highest BCUT2D eigenvalue weighted by Crippen LogP contribution is 2.30. The molecular weight excluding hydrogens is 323 g/mol. The first-order valence-electron chi connectivity index (χ1n) is 7.22. The van der Waals surface area contributed by atoms with E-state index >= 15 is 0 Å². The summed E-state index contributed by atoms with van der Waals surface area (Å²) in [5, 5.41) is 7.46.